The van der Waals surface area contributed by atoms with Crippen LogP contribution in [0, 0.1) is 0 Å². The van der Waals surface area contributed by atoms with Crippen molar-refractivity contribution in [2.24, 2.45) is 14.1 Å². The number of pyridine rings is 2. The van der Waals surface area contributed by atoms with E-state index in [1.165, 1.54) is 33.6 Å². The molecule has 0 N–H and O–H groups in total. The van der Waals surface area contributed by atoms with Crippen LogP contribution in [0.5, 0.6) is 0 Å². The summed E-state index contributed by atoms with van der Waals surface area (Å²) < 4.78 is 4.52. The van der Waals surface area contributed by atoms with Crippen LogP contribution in [0.1, 0.15) is 35.4 Å². The average Bonchev–Trinajstić information content (AvgIpc) is 2.83. The molecule has 32 heavy (non-hydrogen) atoms. The summed E-state index contributed by atoms with van der Waals surface area (Å²) in [7, 11) is 4.31. The second kappa shape index (κ2) is 10.9. The summed E-state index contributed by atoms with van der Waals surface area (Å²) >= 11 is 0. The molecule has 162 valence electrons. The van der Waals surface area contributed by atoms with E-state index in [0.717, 1.165) is 38.5 Å². The van der Waals surface area contributed by atoms with Crippen LogP contribution in [0.4, 0.5) is 0 Å². The number of benzene rings is 2. The molecular weight excluding hydrogens is 388 g/mol. The maximum Gasteiger partial charge on any atom is 0.181 e. The van der Waals surface area contributed by atoms with E-state index in [0.29, 0.717) is 0 Å². The van der Waals surface area contributed by atoms with Gasteiger partial charge in [-0.3, -0.25) is 0 Å². The van der Waals surface area contributed by atoms with Crippen molar-refractivity contribution in [2.45, 2.75) is 38.5 Å². The highest BCUT2D eigenvalue weighted by Crippen LogP contribution is 2.20. The Hall–Kier alpha value is -3.26. The molecule has 0 saturated heterocycles. The van der Waals surface area contributed by atoms with E-state index >= 15 is 0 Å². The Labute approximate surface area is 192 Å². The van der Waals surface area contributed by atoms with E-state index in [4.69, 9.17) is 0 Å². The van der Waals surface area contributed by atoms with E-state index < -0.39 is 0 Å². The Kier molecular flexibility index (Phi) is 7.45. The summed E-state index contributed by atoms with van der Waals surface area (Å²) in [5, 5.41) is 0. The molecule has 0 aliphatic carbocycles. The Morgan fingerprint density at radius 1 is 0.500 bits per heavy atom. The summed E-state index contributed by atoms with van der Waals surface area (Å²) in [6, 6.07) is 30.8. The lowest BCUT2D eigenvalue weighted by atomic mass is 10.0. The Bertz CT molecular complexity index is 1040. The van der Waals surface area contributed by atoms with Gasteiger partial charge in [0.15, 0.2) is 23.8 Å². The van der Waals surface area contributed by atoms with E-state index in [1.54, 1.807) is 0 Å². The van der Waals surface area contributed by atoms with E-state index in [-0.39, 0.29) is 0 Å². The summed E-state index contributed by atoms with van der Waals surface area (Å²) in [6.45, 7) is 0. The standard InChI is InChI=1S/C30H34N2/c1-31-21-19-27(23-29(31)17-9-15-25-11-5-3-6-12-25)28-20-22-32(2)30(24-28)18-10-16-26-13-7-4-8-14-26/h3-8,11-14,19-24H,9-10,15-18H2,1-2H3/q+2. The predicted octanol–water partition coefficient (Wildman–Crippen LogP) is 5.35. The number of hydrogen-bond acceptors (Lipinski definition) is 0. The lowest BCUT2D eigenvalue weighted by molar-refractivity contribution is -0.679. The lowest BCUT2D eigenvalue weighted by Crippen LogP contribution is -2.33. The van der Waals surface area contributed by atoms with Gasteiger partial charge in [-0.25, -0.2) is 9.13 Å². The molecule has 2 heterocycles. The minimum absolute atomic E-state index is 1.09. The van der Waals surface area contributed by atoms with Gasteiger partial charge in [-0.15, -0.1) is 0 Å². The van der Waals surface area contributed by atoms with E-state index in [1.807, 2.05) is 0 Å². The fraction of sp³-hybridized carbons (Fsp3) is 0.267. The summed E-state index contributed by atoms with van der Waals surface area (Å²) in [4.78, 5) is 0. The monoisotopic (exact) mass is 422 g/mol. The highest BCUT2D eigenvalue weighted by molar-refractivity contribution is 5.62. The zero-order chi connectivity index (χ0) is 22.2. The molecule has 0 radical (unpaired) electrons. The first-order chi connectivity index (χ1) is 15.7. The van der Waals surface area contributed by atoms with Crippen molar-refractivity contribution in [3.05, 3.63) is 120 Å². The fourth-order valence-corrected chi connectivity index (χ4v) is 4.33. The molecule has 0 atom stereocenters. The molecule has 2 heteroatoms. The van der Waals surface area contributed by atoms with Crippen LogP contribution in [-0.2, 0) is 39.8 Å². The number of aryl methyl sites for hydroxylation is 6. The van der Waals surface area contributed by atoms with Crippen molar-refractivity contribution in [3.63, 3.8) is 0 Å². The van der Waals surface area contributed by atoms with Gasteiger partial charge in [-0.1, -0.05) is 60.7 Å². The second-order valence-electron chi connectivity index (χ2n) is 8.71. The lowest BCUT2D eigenvalue weighted by Gasteiger charge is -2.07. The predicted molar refractivity (Wildman–Crippen MR) is 131 cm³/mol. The fourth-order valence-electron chi connectivity index (χ4n) is 4.33. The number of rotatable bonds is 9. The molecule has 2 aromatic carbocycles. The molecule has 0 spiro atoms. The SMILES string of the molecule is C[n+]1ccc(-c2cc[n+](C)c(CCCc3ccccc3)c2)cc1CCCc1ccccc1. The Balaban J connectivity index is 1.43. The van der Waals surface area contributed by atoms with Crippen LogP contribution in [-0.4, -0.2) is 0 Å². The first kappa shape index (κ1) is 22.0. The van der Waals surface area contributed by atoms with Gasteiger partial charge < -0.3 is 0 Å². The molecule has 2 aromatic heterocycles. The van der Waals surface area contributed by atoms with Crippen molar-refractivity contribution in [2.75, 3.05) is 0 Å². The number of aromatic nitrogens is 2. The largest absolute Gasteiger partial charge is 0.205 e. The van der Waals surface area contributed by atoms with Crippen LogP contribution in [0.15, 0.2) is 97.3 Å². The third kappa shape index (κ3) is 5.91. The first-order valence-corrected chi connectivity index (χ1v) is 11.7. The quantitative estimate of drug-likeness (QED) is 0.321. The molecule has 4 rings (SSSR count). The van der Waals surface area contributed by atoms with Gasteiger partial charge in [0.05, 0.1) is 0 Å². The second-order valence-corrected chi connectivity index (χ2v) is 8.71. The third-order valence-electron chi connectivity index (χ3n) is 6.32. The number of nitrogens with zero attached hydrogens (tertiary/aromatic N) is 2. The van der Waals surface area contributed by atoms with Crippen molar-refractivity contribution in [3.8, 4) is 11.1 Å². The van der Waals surface area contributed by atoms with Gasteiger partial charge in [0.2, 0.25) is 0 Å². The van der Waals surface area contributed by atoms with Gasteiger partial charge in [0, 0.05) is 37.1 Å². The molecule has 0 saturated carbocycles. The molecule has 2 nitrogen and oxygen atoms in total. The van der Waals surface area contributed by atoms with Crippen molar-refractivity contribution >= 4 is 0 Å². The third-order valence-corrected chi connectivity index (χ3v) is 6.32. The summed E-state index contributed by atoms with van der Waals surface area (Å²) in [5.41, 5.74) is 8.23. The smallest absolute Gasteiger partial charge is 0.181 e. The molecular formula is C30H34N2+2. The number of hydrogen-bond donors (Lipinski definition) is 0. The van der Waals surface area contributed by atoms with Crippen molar-refractivity contribution < 1.29 is 9.13 Å². The van der Waals surface area contributed by atoms with Gasteiger partial charge >= 0.3 is 0 Å². The molecule has 0 aliphatic rings. The van der Waals surface area contributed by atoms with Crippen LogP contribution in [0.25, 0.3) is 11.1 Å². The van der Waals surface area contributed by atoms with Crippen LogP contribution in [0.2, 0.25) is 0 Å². The van der Waals surface area contributed by atoms with Crippen molar-refractivity contribution in [1.29, 1.82) is 0 Å². The normalized spacial score (nSPS) is 10.9. The van der Waals surface area contributed by atoms with Crippen molar-refractivity contribution in [1.82, 2.24) is 0 Å². The van der Waals surface area contributed by atoms with E-state index in [9.17, 15) is 0 Å². The van der Waals surface area contributed by atoms with Gasteiger partial charge in [-0.05, 0) is 47.9 Å². The molecule has 4 aromatic rings. The molecule has 0 amide bonds. The first-order valence-electron chi connectivity index (χ1n) is 11.7. The minimum Gasteiger partial charge on any atom is -0.205 e. The maximum atomic E-state index is 2.37. The molecule has 0 bridgehead atoms. The Morgan fingerprint density at radius 2 is 0.906 bits per heavy atom. The summed E-state index contributed by atoms with van der Waals surface area (Å²) in [5.74, 6) is 0. The van der Waals surface area contributed by atoms with Gasteiger partial charge in [0.25, 0.3) is 0 Å². The van der Waals surface area contributed by atoms with E-state index in [2.05, 4.69) is 121 Å². The molecule has 0 aliphatic heterocycles. The van der Waals surface area contributed by atoms with Crippen LogP contribution in [0.3, 0.4) is 0 Å². The maximum absolute atomic E-state index is 2.37. The van der Waals surface area contributed by atoms with Crippen LogP contribution < -0.4 is 9.13 Å². The minimum atomic E-state index is 1.09. The highest BCUT2D eigenvalue weighted by atomic mass is 14.9. The highest BCUT2D eigenvalue weighted by Gasteiger charge is 2.13. The molecule has 0 unspecified atom stereocenters. The topological polar surface area (TPSA) is 7.76 Å². The zero-order valence-corrected chi connectivity index (χ0v) is 19.4. The van der Waals surface area contributed by atoms with Gasteiger partial charge in [0.1, 0.15) is 14.1 Å². The summed E-state index contributed by atoms with van der Waals surface area (Å²) in [6.07, 6.45) is 11.2. The van der Waals surface area contributed by atoms with Gasteiger partial charge in [-0.2, -0.15) is 0 Å². The van der Waals surface area contributed by atoms with Crippen LogP contribution >= 0.6 is 0 Å². The Morgan fingerprint density at radius 3 is 1.31 bits per heavy atom. The molecule has 0 fully saturated rings. The average molecular weight is 423 g/mol. The zero-order valence-electron chi connectivity index (χ0n) is 19.4.